The van der Waals surface area contributed by atoms with Gasteiger partial charge in [0.1, 0.15) is 17.3 Å². The second kappa shape index (κ2) is 8.72. The van der Waals surface area contributed by atoms with Gasteiger partial charge in [0.15, 0.2) is 0 Å². The van der Waals surface area contributed by atoms with Crippen molar-refractivity contribution < 1.29 is 28.6 Å². The van der Waals surface area contributed by atoms with Crippen LogP contribution in [0.25, 0.3) is 0 Å². The summed E-state index contributed by atoms with van der Waals surface area (Å²) in [6.07, 6.45) is -0.105. The zero-order valence-corrected chi connectivity index (χ0v) is 16.1. The Hall–Kier alpha value is -3.42. The molecule has 2 aromatic carbocycles. The first-order valence-corrected chi connectivity index (χ1v) is 9.02. The minimum atomic E-state index is -1.06. The van der Waals surface area contributed by atoms with Gasteiger partial charge in [0.2, 0.25) is 5.91 Å². The van der Waals surface area contributed by atoms with Crippen LogP contribution in [0.1, 0.15) is 36.4 Å². The van der Waals surface area contributed by atoms with E-state index in [1.54, 1.807) is 37.4 Å². The van der Waals surface area contributed by atoms with Crippen molar-refractivity contribution >= 4 is 17.6 Å². The van der Waals surface area contributed by atoms with E-state index in [0.29, 0.717) is 34.8 Å². The normalized spacial score (nSPS) is 15.8. The maximum atomic E-state index is 13.4. The third-order valence-corrected chi connectivity index (χ3v) is 4.69. The molecule has 8 heteroatoms. The quantitative estimate of drug-likeness (QED) is 0.770. The molecule has 0 saturated carbocycles. The summed E-state index contributed by atoms with van der Waals surface area (Å²) in [4.78, 5) is 23.5. The van der Waals surface area contributed by atoms with Gasteiger partial charge >= 0.3 is 5.97 Å². The van der Waals surface area contributed by atoms with Gasteiger partial charge in [-0.25, -0.2) is 9.40 Å². The number of hydrazone groups is 1. The monoisotopic (exact) mass is 400 g/mol. The van der Waals surface area contributed by atoms with Gasteiger partial charge in [0.05, 0.1) is 32.4 Å². The van der Waals surface area contributed by atoms with E-state index in [-0.39, 0.29) is 18.7 Å². The van der Waals surface area contributed by atoms with Crippen molar-refractivity contribution in [2.75, 3.05) is 14.2 Å². The van der Waals surface area contributed by atoms with Crippen molar-refractivity contribution in [3.63, 3.8) is 0 Å². The summed E-state index contributed by atoms with van der Waals surface area (Å²) in [5.41, 5.74) is 1.97. The molecule has 1 amide bonds. The number of carboxylic acid groups (broad SMARTS) is 1. The van der Waals surface area contributed by atoms with Crippen molar-refractivity contribution in [1.82, 2.24) is 5.01 Å². The number of amides is 1. The lowest BCUT2D eigenvalue weighted by Gasteiger charge is -2.21. The van der Waals surface area contributed by atoms with Crippen LogP contribution in [-0.2, 0) is 9.59 Å². The van der Waals surface area contributed by atoms with E-state index < -0.39 is 17.9 Å². The topological polar surface area (TPSA) is 88.4 Å². The SMILES string of the molecule is COc1ccc(OC)c(C2=NN(C(=O)CCC(=O)O)C(c3ccc(F)cc3)C2)c1. The van der Waals surface area contributed by atoms with E-state index >= 15 is 0 Å². The predicted octanol–water partition coefficient (Wildman–Crippen LogP) is 3.39. The molecule has 0 fully saturated rings. The molecule has 3 rings (SSSR count). The molecule has 0 spiro atoms. The standard InChI is InChI=1S/C21H21FN2O5/c1-28-15-7-8-19(29-2)16(11-15)17-12-18(13-3-5-14(22)6-4-13)24(23-17)20(25)9-10-21(26)27/h3-8,11,18H,9-10,12H2,1-2H3,(H,26,27). The molecule has 0 aromatic heterocycles. The summed E-state index contributed by atoms with van der Waals surface area (Å²) in [5, 5.41) is 14.7. The number of carbonyl (C=O) groups is 2. The van der Waals surface area contributed by atoms with Gasteiger partial charge < -0.3 is 14.6 Å². The Morgan fingerprint density at radius 3 is 2.48 bits per heavy atom. The highest BCUT2D eigenvalue weighted by Gasteiger charge is 2.34. The van der Waals surface area contributed by atoms with Crippen LogP contribution in [0.5, 0.6) is 11.5 Å². The molecule has 1 atom stereocenters. The van der Waals surface area contributed by atoms with Crippen molar-refractivity contribution in [2.45, 2.75) is 25.3 Å². The van der Waals surface area contributed by atoms with Crippen LogP contribution in [-0.4, -0.2) is 41.9 Å². The van der Waals surface area contributed by atoms with Crippen LogP contribution in [0, 0.1) is 5.82 Å². The van der Waals surface area contributed by atoms with Crippen LogP contribution in [0.2, 0.25) is 0 Å². The maximum absolute atomic E-state index is 13.4. The molecule has 1 heterocycles. The number of hydrogen-bond donors (Lipinski definition) is 1. The van der Waals surface area contributed by atoms with Gasteiger partial charge in [-0.1, -0.05) is 12.1 Å². The van der Waals surface area contributed by atoms with E-state index in [1.165, 1.54) is 24.3 Å². The Bertz CT molecular complexity index is 943. The smallest absolute Gasteiger partial charge is 0.303 e. The zero-order valence-electron chi connectivity index (χ0n) is 16.1. The fourth-order valence-corrected chi connectivity index (χ4v) is 3.22. The van der Waals surface area contributed by atoms with Gasteiger partial charge in [-0.2, -0.15) is 5.10 Å². The second-order valence-corrected chi connectivity index (χ2v) is 6.52. The summed E-state index contributed by atoms with van der Waals surface area (Å²) < 4.78 is 24.1. The molecule has 152 valence electrons. The zero-order chi connectivity index (χ0) is 21.0. The molecule has 1 unspecified atom stereocenters. The van der Waals surface area contributed by atoms with Gasteiger partial charge in [-0.15, -0.1) is 0 Å². The van der Waals surface area contributed by atoms with Crippen molar-refractivity contribution in [2.24, 2.45) is 5.10 Å². The molecule has 1 aliphatic heterocycles. The van der Waals surface area contributed by atoms with Gasteiger partial charge in [0, 0.05) is 18.4 Å². The summed E-state index contributed by atoms with van der Waals surface area (Å²) in [7, 11) is 3.08. The van der Waals surface area contributed by atoms with Crippen molar-refractivity contribution in [3.8, 4) is 11.5 Å². The number of ether oxygens (including phenoxy) is 2. The van der Waals surface area contributed by atoms with Gasteiger partial charge in [-0.05, 0) is 35.9 Å². The first kappa shape index (κ1) is 20.3. The highest BCUT2D eigenvalue weighted by molar-refractivity contribution is 6.05. The summed E-state index contributed by atoms with van der Waals surface area (Å²) >= 11 is 0. The molecule has 0 bridgehead atoms. The number of carbonyl (C=O) groups excluding carboxylic acids is 1. The van der Waals surface area contributed by atoms with Crippen LogP contribution in [0.3, 0.4) is 0 Å². The minimum Gasteiger partial charge on any atom is -0.497 e. The average Bonchev–Trinajstić information content (AvgIpc) is 3.17. The first-order valence-electron chi connectivity index (χ1n) is 9.02. The average molecular weight is 400 g/mol. The summed E-state index contributed by atoms with van der Waals surface area (Å²) in [5.74, 6) is -0.682. The van der Waals surface area contributed by atoms with E-state index in [4.69, 9.17) is 14.6 Å². The number of rotatable bonds is 7. The summed E-state index contributed by atoms with van der Waals surface area (Å²) in [6.45, 7) is 0. The third-order valence-electron chi connectivity index (χ3n) is 4.69. The largest absolute Gasteiger partial charge is 0.497 e. The molecule has 0 aliphatic carbocycles. The van der Waals surface area contributed by atoms with Crippen molar-refractivity contribution in [1.29, 1.82) is 0 Å². The Labute approximate surface area is 167 Å². The molecule has 2 aromatic rings. The fraction of sp³-hybridized carbons (Fsp3) is 0.286. The molecular formula is C21H21FN2O5. The minimum absolute atomic E-state index is 0.181. The number of carboxylic acids is 1. The Balaban J connectivity index is 1.98. The molecule has 7 nitrogen and oxygen atoms in total. The molecule has 29 heavy (non-hydrogen) atoms. The summed E-state index contributed by atoms with van der Waals surface area (Å²) in [6, 6.07) is 10.6. The van der Waals surface area contributed by atoms with Gasteiger partial charge in [-0.3, -0.25) is 9.59 Å². The van der Waals surface area contributed by atoms with E-state index in [0.717, 1.165) is 0 Å². The lowest BCUT2D eigenvalue weighted by Crippen LogP contribution is -2.27. The molecule has 0 saturated heterocycles. The Morgan fingerprint density at radius 2 is 1.86 bits per heavy atom. The van der Waals surface area contributed by atoms with Crippen molar-refractivity contribution in [3.05, 3.63) is 59.4 Å². The second-order valence-electron chi connectivity index (χ2n) is 6.52. The van der Waals surface area contributed by atoms with E-state index in [9.17, 15) is 14.0 Å². The van der Waals surface area contributed by atoms with Crippen LogP contribution in [0.15, 0.2) is 47.6 Å². The number of methoxy groups -OCH3 is 2. The van der Waals surface area contributed by atoms with Crippen LogP contribution < -0.4 is 9.47 Å². The number of aliphatic carboxylic acids is 1. The van der Waals surface area contributed by atoms with E-state index in [1.807, 2.05) is 0 Å². The lowest BCUT2D eigenvalue weighted by molar-refractivity contribution is -0.141. The molecule has 1 aliphatic rings. The predicted molar refractivity (Wildman–Crippen MR) is 104 cm³/mol. The lowest BCUT2D eigenvalue weighted by atomic mass is 9.97. The Morgan fingerprint density at radius 1 is 1.14 bits per heavy atom. The van der Waals surface area contributed by atoms with Crippen LogP contribution >= 0.6 is 0 Å². The molecule has 0 radical (unpaired) electrons. The third kappa shape index (κ3) is 4.53. The Kier molecular flexibility index (Phi) is 6.11. The highest BCUT2D eigenvalue weighted by Crippen LogP contribution is 2.36. The number of benzene rings is 2. The molecule has 1 N–H and O–H groups in total. The fourth-order valence-electron chi connectivity index (χ4n) is 3.22. The number of hydrogen-bond acceptors (Lipinski definition) is 5. The van der Waals surface area contributed by atoms with Gasteiger partial charge in [0.25, 0.3) is 0 Å². The number of nitrogens with zero attached hydrogens (tertiary/aromatic N) is 2. The highest BCUT2D eigenvalue weighted by atomic mass is 19.1. The van der Waals surface area contributed by atoms with E-state index in [2.05, 4.69) is 5.10 Å². The van der Waals surface area contributed by atoms with Crippen LogP contribution in [0.4, 0.5) is 4.39 Å². The maximum Gasteiger partial charge on any atom is 0.303 e. The number of halogens is 1. The first-order chi connectivity index (χ1) is 13.9. The molecular weight excluding hydrogens is 379 g/mol.